The van der Waals surface area contributed by atoms with E-state index < -0.39 is 22.8 Å². The fourth-order valence-corrected chi connectivity index (χ4v) is 1.19. The highest BCUT2D eigenvalue weighted by Crippen LogP contribution is 2.12. The van der Waals surface area contributed by atoms with Crippen LogP contribution in [0, 0.1) is 10.1 Å². The minimum Gasteiger partial charge on any atom is -0.480 e. The SMILES string of the molecule is CC[C@H](NC(=O)c1cc([N+](=O)[O-])c[nH]1)C(=O)O. The molecule has 0 aromatic carbocycles. The second-order valence-corrected chi connectivity index (χ2v) is 3.30. The molecular weight excluding hydrogens is 230 g/mol. The summed E-state index contributed by atoms with van der Waals surface area (Å²) in [6.45, 7) is 1.61. The predicted molar refractivity (Wildman–Crippen MR) is 56.6 cm³/mol. The maximum Gasteiger partial charge on any atom is 0.326 e. The molecule has 8 heteroatoms. The highest BCUT2D eigenvalue weighted by Gasteiger charge is 2.20. The van der Waals surface area contributed by atoms with Crippen LogP contribution in [0.1, 0.15) is 23.8 Å². The highest BCUT2D eigenvalue weighted by molar-refractivity contribution is 5.95. The Hall–Kier alpha value is -2.38. The van der Waals surface area contributed by atoms with Crippen LogP contribution < -0.4 is 5.32 Å². The van der Waals surface area contributed by atoms with Crippen molar-refractivity contribution in [3.05, 3.63) is 28.1 Å². The molecule has 1 atom stereocenters. The largest absolute Gasteiger partial charge is 0.480 e. The van der Waals surface area contributed by atoms with Crippen LogP contribution in [0.15, 0.2) is 12.3 Å². The van der Waals surface area contributed by atoms with Gasteiger partial charge in [0.1, 0.15) is 11.7 Å². The zero-order chi connectivity index (χ0) is 13.0. The van der Waals surface area contributed by atoms with Gasteiger partial charge in [-0.05, 0) is 6.42 Å². The van der Waals surface area contributed by atoms with Gasteiger partial charge in [0.25, 0.3) is 11.6 Å². The second kappa shape index (κ2) is 5.10. The molecule has 0 spiro atoms. The predicted octanol–water partition coefficient (Wildman–Crippen LogP) is 0.516. The molecule has 0 radical (unpaired) electrons. The average molecular weight is 241 g/mol. The lowest BCUT2D eigenvalue weighted by Crippen LogP contribution is -2.40. The summed E-state index contributed by atoms with van der Waals surface area (Å²) in [6, 6.07) is 0.0361. The fourth-order valence-electron chi connectivity index (χ4n) is 1.19. The normalized spacial score (nSPS) is 11.8. The molecule has 1 amide bonds. The van der Waals surface area contributed by atoms with E-state index in [0.717, 1.165) is 12.3 Å². The van der Waals surface area contributed by atoms with Crippen molar-refractivity contribution in [2.45, 2.75) is 19.4 Å². The molecule has 0 unspecified atom stereocenters. The van der Waals surface area contributed by atoms with Crippen LogP contribution in [0.3, 0.4) is 0 Å². The summed E-state index contributed by atoms with van der Waals surface area (Å²) in [7, 11) is 0. The standard InChI is InChI=1S/C9H11N3O5/c1-2-6(9(14)15)11-8(13)7-3-5(4-10-7)12(16)17/h3-4,6,10H,2H2,1H3,(H,11,13)(H,14,15)/t6-/m0/s1. The molecule has 0 aliphatic heterocycles. The molecule has 0 aliphatic carbocycles. The van der Waals surface area contributed by atoms with Crippen LogP contribution in [0.2, 0.25) is 0 Å². The lowest BCUT2D eigenvalue weighted by molar-refractivity contribution is -0.384. The monoisotopic (exact) mass is 241 g/mol. The number of amides is 1. The molecule has 3 N–H and O–H groups in total. The topological polar surface area (TPSA) is 125 Å². The van der Waals surface area contributed by atoms with Crippen molar-refractivity contribution in [3.63, 3.8) is 0 Å². The number of aromatic nitrogens is 1. The number of carbonyl (C=O) groups is 2. The summed E-state index contributed by atoms with van der Waals surface area (Å²) in [5.41, 5.74) is -0.296. The van der Waals surface area contributed by atoms with Gasteiger partial charge in [-0.25, -0.2) is 4.79 Å². The Kier molecular flexibility index (Phi) is 3.81. The van der Waals surface area contributed by atoms with Gasteiger partial charge in [0.2, 0.25) is 0 Å². The molecule has 0 aliphatic rings. The molecule has 1 heterocycles. The minimum absolute atomic E-state index is 0.0450. The number of nitro groups is 1. The van der Waals surface area contributed by atoms with Gasteiger partial charge >= 0.3 is 5.97 Å². The van der Waals surface area contributed by atoms with Crippen molar-refractivity contribution >= 4 is 17.6 Å². The first-order chi connectivity index (χ1) is 7.95. The molecule has 0 fully saturated rings. The third-order valence-corrected chi connectivity index (χ3v) is 2.13. The summed E-state index contributed by atoms with van der Waals surface area (Å²) in [5, 5.41) is 21.4. The maximum absolute atomic E-state index is 11.5. The molecular formula is C9H11N3O5. The van der Waals surface area contributed by atoms with Gasteiger partial charge in [-0.1, -0.05) is 6.92 Å². The van der Waals surface area contributed by atoms with E-state index in [-0.39, 0.29) is 17.8 Å². The van der Waals surface area contributed by atoms with Crippen LogP contribution in [0.4, 0.5) is 5.69 Å². The van der Waals surface area contributed by atoms with Crippen molar-refractivity contribution < 1.29 is 19.6 Å². The zero-order valence-electron chi connectivity index (χ0n) is 8.97. The van der Waals surface area contributed by atoms with Crippen LogP contribution in [-0.4, -0.2) is 32.9 Å². The van der Waals surface area contributed by atoms with Gasteiger partial charge in [-0.15, -0.1) is 0 Å². The molecule has 0 saturated carbocycles. The number of carboxylic acids is 1. The van der Waals surface area contributed by atoms with E-state index in [1.165, 1.54) is 0 Å². The summed E-state index contributed by atoms with van der Waals surface area (Å²) in [5.74, 6) is -1.84. The summed E-state index contributed by atoms with van der Waals surface area (Å²) in [6.07, 6.45) is 1.29. The number of hydrogen-bond donors (Lipinski definition) is 3. The fraction of sp³-hybridized carbons (Fsp3) is 0.333. The first-order valence-corrected chi connectivity index (χ1v) is 4.82. The number of carboxylic acid groups (broad SMARTS) is 1. The third kappa shape index (κ3) is 3.03. The Balaban J connectivity index is 2.75. The van der Waals surface area contributed by atoms with Gasteiger partial charge in [0.15, 0.2) is 0 Å². The highest BCUT2D eigenvalue weighted by atomic mass is 16.6. The average Bonchev–Trinajstić information content (AvgIpc) is 2.74. The van der Waals surface area contributed by atoms with Crippen molar-refractivity contribution in [1.29, 1.82) is 0 Å². The number of H-pyrrole nitrogens is 1. The minimum atomic E-state index is -1.15. The first kappa shape index (κ1) is 12.7. The Labute approximate surface area is 95.8 Å². The second-order valence-electron chi connectivity index (χ2n) is 3.30. The molecule has 0 saturated heterocycles. The Morgan fingerprint density at radius 1 is 1.65 bits per heavy atom. The zero-order valence-corrected chi connectivity index (χ0v) is 8.97. The van der Waals surface area contributed by atoms with Crippen LogP contribution in [0.25, 0.3) is 0 Å². The van der Waals surface area contributed by atoms with Crippen LogP contribution >= 0.6 is 0 Å². The number of hydrogen-bond acceptors (Lipinski definition) is 4. The number of rotatable bonds is 5. The van der Waals surface area contributed by atoms with E-state index in [9.17, 15) is 19.7 Å². The summed E-state index contributed by atoms with van der Waals surface area (Å²) in [4.78, 5) is 34.3. The van der Waals surface area contributed by atoms with E-state index >= 15 is 0 Å². The molecule has 1 rings (SSSR count). The lowest BCUT2D eigenvalue weighted by atomic mass is 10.2. The number of aromatic amines is 1. The van der Waals surface area contributed by atoms with E-state index in [2.05, 4.69) is 10.3 Å². The number of carbonyl (C=O) groups excluding carboxylic acids is 1. The smallest absolute Gasteiger partial charge is 0.326 e. The molecule has 1 aromatic heterocycles. The Bertz CT molecular complexity index is 453. The van der Waals surface area contributed by atoms with E-state index in [0.29, 0.717) is 0 Å². The van der Waals surface area contributed by atoms with E-state index in [4.69, 9.17) is 5.11 Å². The summed E-state index contributed by atoms with van der Waals surface area (Å²) >= 11 is 0. The molecule has 1 aromatic rings. The van der Waals surface area contributed by atoms with Crippen molar-refractivity contribution in [3.8, 4) is 0 Å². The van der Waals surface area contributed by atoms with Crippen molar-refractivity contribution in [1.82, 2.24) is 10.3 Å². The van der Waals surface area contributed by atoms with Gasteiger partial charge in [0.05, 0.1) is 11.1 Å². The van der Waals surface area contributed by atoms with Crippen molar-refractivity contribution in [2.24, 2.45) is 0 Å². The Morgan fingerprint density at radius 3 is 2.71 bits per heavy atom. The van der Waals surface area contributed by atoms with Gasteiger partial charge < -0.3 is 15.4 Å². The third-order valence-electron chi connectivity index (χ3n) is 2.13. The summed E-state index contributed by atoms with van der Waals surface area (Å²) < 4.78 is 0. The molecule has 0 bridgehead atoms. The van der Waals surface area contributed by atoms with Crippen LogP contribution in [0.5, 0.6) is 0 Å². The number of nitrogens with one attached hydrogen (secondary N) is 2. The molecule has 17 heavy (non-hydrogen) atoms. The molecule has 92 valence electrons. The van der Waals surface area contributed by atoms with Crippen LogP contribution in [-0.2, 0) is 4.79 Å². The number of aliphatic carboxylic acids is 1. The van der Waals surface area contributed by atoms with Crippen molar-refractivity contribution in [2.75, 3.05) is 0 Å². The quantitative estimate of drug-likeness (QED) is 0.511. The molecule has 8 nitrogen and oxygen atoms in total. The lowest BCUT2D eigenvalue weighted by Gasteiger charge is -2.10. The Morgan fingerprint density at radius 2 is 2.29 bits per heavy atom. The van der Waals surface area contributed by atoms with Gasteiger partial charge in [-0.2, -0.15) is 0 Å². The van der Waals surface area contributed by atoms with Gasteiger partial charge in [0, 0.05) is 6.07 Å². The number of nitrogens with zero attached hydrogens (tertiary/aromatic N) is 1. The maximum atomic E-state index is 11.5. The van der Waals surface area contributed by atoms with Gasteiger partial charge in [-0.3, -0.25) is 14.9 Å². The van der Waals surface area contributed by atoms with E-state index in [1.54, 1.807) is 6.92 Å². The first-order valence-electron chi connectivity index (χ1n) is 4.82. The van der Waals surface area contributed by atoms with E-state index in [1.807, 2.05) is 0 Å².